The fourth-order valence-electron chi connectivity index (χ4n) is 2.33. The lowest BCUT2D eigenvalue weighted by molar-refractivity contribution is 0.398. The summed E-state index contributed by atoms with van der Waals surface area (Å²) >= 11 is 0. The molecule has 1 N–H and O–H groups in total. The van der Waals surface area contributed by atoms with Gasteiger partial charge in [0.05, 0.1) is 25.5 Å². The van der Waals surface area contributed by atoms with E-state index >= 15 is 0 Å². The Kier molecular flexibility index (Phi) is 4.79. The largest absolute Gasteiger partial charge is 0.493 e. The topological polar surface area (TPSA) is 56.9 Å². The molecule has 2 heterocycles. The van der Waals surface area contributed by atoms with E-state index in [0.29, 0.717) is 0 Å². The number of aromatic nitrogens is 4. The summed E-state index contributed by atoms with van der Waals surface area (Å²) in [5, 5.41) is 12.2. The highest BCUT2D eigenvalue weighted by Gasteiger charge is 2.23. The number of nitrogens with zero attached hydrogens (tertiary/aromatic N) is 4. The van der Waals surface area contributed by atoms with Crippen molar-refractivity contribution in [1.82, 2.24) is 24.9 Å². The highest BCUT2D eigenvalue weighted by atomic mass is 16.5. The van der Waals surface area contributed by atoms with E-state index in [1.165, 1.54) is 0 Å². The molecule has 0 saturated carbocycles. The van der Waals surface area contributed by atoms with Crippen LogP contribution in [0.15, 0.2) is 18.6 Å². The molecule has 0 spiro atoms. The van der Waals surface area contributed by atoms with Crippen LogP contribution in [0.5, 0.6) is 5.75 Å². The van der Waals surface area contributed by atoms with Gasteiger partial charge in [-0.05, 0) is 19.9 Å². The van der Waals surface area contributed by atoms with E-state index in [1.54, 1.807) is 13.3 Å². The van der Waals surface area contributed by atoms with Gasteiger partial charge in [0.25, 0.3) is 0 Å². The van der Waals surface area contributed by atoms with Crippen LogP contribution in [-0.2, 0) is 13.6 Å². The van der Waals surface area contributed by atoms with Gasteiger partial charge in [-0.15, -0.1) is 0 Å². The van der Waals surface area contributed by atoms with E-state index in [-0.39, 0.29) is 6.04 Å². The molecule has 0 saturated heterocycles. The van der Waals surface area contributed by atoms with Crippen LogP contribution in [0.3, 0.4) is 0 Å². The van der Waals surface area contributed by atoms with Crippen molar-refractivity contribution in [2.45, 2.75) is 32.9 Å². The number of hydrogen-bond acceptors (Lipinski definition) is 4. The van der Waals surface area contributed by atoms with Crippen molar-refractivity contribution in [2.24, 2.45) is 7.05 Å². The van der Waals surface area contributed by atoms with Crippen molar-refractivity contribution < 1.29 is 4.74 Å². The van der Waals surface area contributed by atoms with Crippen LogP contribution in [0.4, 0.5) is 0 Å². The third-order valence-electron chi connectivity index (χ3n) is 3.29. The first-order chi connectivity index (χ1) is 9.71. The van der Waals surface area contributed by atoms with Gasteiger partial charge in [-0.1, -0.05) is 6.92 Å². The van der Waals surface area contributed by atoms with Crippen molar-refractivity contribution >= 4 is 0 Å². The van der Waals surface area contributed by atoms with Gasteiger partial charge in [0.2, 0.25) is 0 Å². The van der Waals surface area contributed by atoms with Gasteiger partial charge < -0.3 is 10.1 Å². The highest BCUT2D eigenvalue weighted by Crippen LogP contribution is 2.29. The van der Waals surface area contributed by atoms with Crippen LogP contribution < -0.4 is 10.1 Å². The van der Waals surface area contributed by atoms with Gasteiger partial charge in [0, 0.05) is 25.4 Å². The lowest BCUT2D eigenvalue weighted by Crippen LogP contribution is -2.26. The molecule has 6 heteroatoms. The Bertz CT molecular complexity index is 524. The SMILES string of the molecule is CCCNC(c1cnn(C)c1)c1c(OC)cnn1CC. The fourth-order valence-corrected chi connectivity index (χ4v) is 2.33. The van der Waals surface area contributed by atoms with E-state index in [2.05, 4.69) is 29.4 Å². The van der Waals surface area contributed by atoms with E-state index in [1.807, 2.05) is 28.8 Å². The summed E-state index contributed by atoms with van der Waals surface area (Å²) in [4.78, 5) is 0. The summed E-state index contributed by atoms with van der Waals surface area (Å²) in [6.45, 7) is 5.97. The molecule has 2 aromatic rings. The number of hydrogen-bond donors (Lipinski definition) is 1. The van der Waals surface area contributed by atoms with Gasteiger partial charge in [-0.3, -0.25) is 9.36 Å². The summed E-state index contributed by atoms with van der Waals surface area (Å²) in [5.41, 5.74) is 2.17. The molecule has 0 aliphatic carbocycles. The standard InChI is InChI=1S/C14H23N5O/c1-5-7-15-13(11-8-16-18(3)10-11)14-12(20-4)9-17-19(14)6-2/h8-10,13,15H,5-7H2,1-4H3. The van der Waals surface area contributed by atoms with Crippen LogP contribution >= 0.6 is 0 Å². The Morgan fingerprint density at radius 3 is 2.65 bits per heavy atom. The van der Waals surface area contributed by atoms with E-state index in [9.17, 15) is 0 Å². The second-order valence-corrected chi connectivity index (χ2v) is 4.75. The van der Waals surface area contributed by atoms with Crippen LogP contribution in [0.1, 0.15) is 37.6 Å². The molecule has 1 atom stereocenters. The first-order valence-electron chi connectivity index (χ1n) is 7.02. The predicted molar refractivity (Wildman–Crippen MR) is 77.8 cm³/mol. The van der Waals surface area contributed by atoms with Gasteiger partial charge in [-0.25, -0.2) is 0 Å². The Morgan fingerprint density at radius 2 is 2.10 bits per heavy atom. The zero-order valence-electron chi connectivity index (χ0n) is 12.6. The van der Waals surface area contributed by atoms with Gasteiger partial charge in [-0.2, -0.15) is 10.2 Å². The summed E-state index contributed by atoms with van der Waals surface area (Å²) in [7, 11) is 3.61. The number of nitrogens with one attached hydrogen (secondary N) is 1. The molecule has 20 heavy (non-hydrogen) atoms. The smallest absolute Gasteiger partial charge is 0.161 e. The molecule has 110 valence electrons. The molecular weight excluding hydrogens is 254 g/mol. The molecule has 0 amide bonds. The number of aryl methyl sites for hydroxylation is 2. The summed E-state index contributed by atoms with van der Waals surface area (Å²) in [6, 6.07) is 0.0426. The molecule has 0 aromatic carbocycles. The minimum atomic E-state index is 0.0426. The summed E-state index contributed by atoms with van der Waals surface area (Å²) < 4.78 is 9.25. The zero-order valence-corrected chi connectivity index (χ0v) is 12.6. The molecule has 0 bridgehead atoms. The van der Waals surface area contributed by atoms with Crippen molar-refractivity contribution in [3.05, 3.63) is 29.8 Å². The molecule has 0 aliphatic rings. The molecule has 2 aromatic heterocycles. The second-order valence-electron chi connectivity index (χ2n) is 4.75. The molecule has 0 aliphatic heterocycles. The fraction of sp³-hybridized carbons (Fsp3) is 0.571. The lowest BCUT2D eigenvalue weighted by atomic mass is 10.1. The van der Waals surface area contributed by atoms with Crippen molar-refractivity contribution in [1.29, 1.82) is 0 Å². The molecule has 1 unspecified atom stereocenters. The van der Waals surface area contributed by atoms with E-state index in [0.717, 1.165) is 36.5 Å². The monoisotopic (exact) mass is 277 g/mol. The minimum Gasteiger partial charge on any atom is -0.493 e. The third-order valence-corrected chi connectivity index (χ3v) is 3.29. The van der Waals surface area contributed by atoms with E-state index in [4.69, 9.17) is 4.74 Å². The maximum atomic E-state index is 5.47. The quantitative estimate of drug-likeness (QED) is 0.837. The third kappa shape index (κ3) is 2.85. The summed E-state index contributed by atoms with van der Waals surface area (Å²) in [5.74, 6) is 0.810. The van der Waals surface area contributed by atoms with Crippen LogP contribution in [-0.4, -0.2) is 33.2 Å². The van der Waals surface area contributed by atoms with Crippen LogP contribution in [0.2, 0.25) is 0 Å². The van der Waals surface area contributed by atoms with Crippen molar-refractivity contribution in [3.63, 3.8) is 0 Å². The van der Waals surface area contributed by atoms with E-state index < -0.39 is 0 Å². The maximum Gasteiger partial charge on any atom is 0.161 e. The number of rotatable bonds is 7. The average molecular weight is 277 g/mol. The number of ether oxygens (including phenoxy) is 1. The lowest BCUT2D eigenvalue weighted by Gasteiger charge is -2.19. The zero-order chi connectivity index (χ0) is 14.5. The maximum absolute atomic E-state index is 5.47. The first-order valence-corrected chi connectivity index (χ1v) is 7.02. The first kappa shape index (κ1) is 14.6. The predicted octanol–water partition coefficient (Wildman–Crippen LogP) is 1.73. The Hall–Kier alpha value is -1.82. The molecule has 6 nitrogen and oxygen atoms in total. The number of methoxy groups -OCH3 is 1. The summed E-state index contributed by atoms with van der Waals surface area (Å²) in [6.07, 6.45) is 6.76. The normalized spacial score (nSPS) is 12.6. The second kappa shape index (κ2) is 6.56. The van der Waals surface area contributed by atoms with Gasteiger partial charge >= 0.3 is 0 Å². The molecule has 2 rings (SSSR count). The molecule has 0 fully saturated rings. The Labute approximate surface area is 119 Å². The van der Waals surface area contributed by atoms with Crippen molar-refractivity contribution in [3.8, 4) is 5.75 Å². The minimum absolute atomic E-state index is 0.0426. The van der Waals surface area contributed by atoms with Gasteiger partial charge in [0.1, 0.15) is 5.69 Å². The molecule has 0 radical (unpaired) electrons. The molecular formula is C14H23N5O. The average Bonchev–Trinajstić information content (AvgIpc) is 3.06. The van der Waals surface area contributed by atoms with Crippen LogP contribution in [0, 0.1) is 0 Å². The van der Waals surface area contributed by atoms with Crippen molar-refractivity contribution in [2.75, 3.05) is 13.7 Å². The highest BCUT2D eigenvalue weighted by molar-refractivity contribution is 5.35. The van der Waals surface area contributed by atoms with Crippen LogP contribution in [0.25, 0.3) is 0 Å². The Balaban J connectivity index is 2.42. The van der Waals surface area contributed by atoms with Gasteiger partial charge in [0.15, 0.2) is 5.75 Å². The Morgan fingerprint density at radius 1 is 1.30 bits per heavy atom.